The largest absolute Gasteiger partial charge is 0.384 e. The molecule has 0 saturated heterocycles. The highest BCUT2D eigenvalue weighted by Gasteiger charge is 2.48. The van der Waals surface area contributed by atoms with E-state index in [4.69, 9.17) is 5.11 Å². The fourth-order valence-electron chi connectivity index (χ4n) is 1.86. The van der Waals surface area contributed by atoms with Gasteiger partial charge < -0.3 is 5.11 Å². The molecule has 5 heteroatoms. The Hall–Kier alpha value is -1.35. The minimum Gasteiger partial charge on any atom is -0.384 e. The van der Waals surface area contributed by atoms with Crippen molar-refractivity contribution in [2.45, 2.75) is 31.2 Å². The molecular weight excluding hydrogens is 262 g/mol. The van der Waals surface area contributed by atoms with Crippen molar-refractivity contribution in [3.63, 3.8) is 0 Å². The maximum Gasteiger partial charge on any atom is 0.242 e. The fourth-order valence-corrected chi connectivity index (χ4v) is 3.43. The third kappa shape index (κ3) is 3.16. The van der Waals surface area contributed by atoms with Crippen LogP contribution in [0.2, 0.25) is 0 Å². The summed E-state index contributed by atoms with van der Waals surface area (Å²) in [6.07, 6.45) is 0.844. The molecule has 1 aliphatic rings. The van der Waals surface area contributed by atoms with Gasteiger partial charge in [0.15, 0.2) is 0 Å². The topological polar surface area (TPSA) is 66.4 Å². The Balaban J connectivity index is 2.30. The van der Waals surface area contributed by atoms with Crippen LogP contribution in [-0.2, 0) is 10.0 Å². The highest BCUT2D eigenvalue weighted by atomic mass is 32.2. The van der Waals surface area contributed by atoms with Crippen molar-refractivity contribution in [3.05, 3.63) is 29.8 Å². The highest BCUT2D eigenvalue weighted by molar-refractivity contribution is 7.89. The van der Waals surface area contributed by atoms with Gasteiger partial charge in [0.25, 0.3) is 0 Å². The quantitative estimate of drug-likeness (QED) is 0.815. The van der Waals surface area contributed by atoms with Crippen molar-refractivity contribution >= 4 is 10.0 Å². The Morgan fingerprint density at radius 3 is 2.63 bits per heavy atom. The molecule has 0 aromatic heterocycles. The van der Waals surface area contributed by atoms with Crippen molar-refractivity contribution in [3.8, 4) is 11.8 Å². The van der Waals surface area contributed by atoms with E-state index in [2.05, 4.69) is 16.6 Å². The Morgan fingerprint density at radius 2 is 2.05 bits per heavy atom. The van der Waals surface area contributed by atoms with Gasteiger partial charge in [0, 0.05) is 11.6 Å². The summed E-state index contributed by atoms with van der Waals surface area (Å²) in [4.78, 5) is 0.165. The van der Waals surface area contributed by atoms with E-state index in [1.54, 1.807) is 18.2 Å². The van der Waals surface area contributed by atoms with Crippen LogP contribution in [0, 0.1) is 17.3 Å². The van der Waals surface area contributed by atoms with Crippen molar-refractivity contribution < 1.29 is 13.5 Å². The molecule has 102 valence electrons. The van der Waals surface area contributed by atoms with E-state index in [1.807, 2.05) is 13.8 Å². The third-order valence-corrected chi connectivity index (χ3v) is 4.82. The van der Waals surface area contributed by atoms with Gasteiger partial charge in [-0.1, -0.05) is 37.8 Å². The summed E-state index contributed by atoms with van der Waals surface area (Å²) in [5.41, 5.74) is 0.432. The van der Waals surface area contributed by atoms with Gasteiger partial charge in [0.1, 0.15) is 6.61 Å². The standard InChI is InChI=1S/C14H17NO3S/c1-14(2)10-13(14)15-19(17,18)12-8-4-3-6-11(12)7-5-9-16/h3-4,6,8,13,15-16H,9-10H2,1-2H3. The molecule has 0 bridgehead atoms. The zero-order chi connectivity index (χ0) is 14.1. The van der Waals surface area contributed by atoms with E-state index in [9.17, 15) is 8.42 Å². The predicted molar refractivity (Wildman–Crippen MR) is 72.9 cm³/mol. The summed E-state index contributed by atoms with van der Waals surface area (Å²) in [5.74, 6) is 5.14. The molecule has 1 unspecified atom stereocenters. The molecule has 1 atom stereocenters. The molecular formula is C14H17NO3S. The second-order valence-corrected chi connectivity index (χ2v) is 7.01. The van der Waals surface area contributed by atoms with Gasteiger partial charge in [-0.25, -0.2) is 13.1 Å². The summed E-state index contributed by atoms with van der Waals surface area (Å²) in [6.45, 7) is 3.76. The minimum atomic E-state index is -3.56. The van der Waals surface area contributed by atoms with Crippen molar-refractivity contribution in [2.75, 3.05) is 6.61 Å². The van der Waals surface area contributed by atoms with Crippen LogP contribution in [0.15, 0.2) is 29.2 Å². The Kier molecular flexibility index (Phi) is 3.68. The zero-order valence-electron chi connectivity index (χ0n) is 11.0. The van der Waals surface area contributed by atoms with Gasteiger partial charge in [-0.05, 0) is 24.0 Å². The molecule has 1 fully saturated rings. The lowest BCUT2D eigenvalue weighted by Gasteiger charge is -2.09. The molecule has 0 spiro atoms. The van der Waals surface area contributed by atoms with E-state index in [-0.39, 0.29) is 23.0 Å². The Morgan fingerprint density at radius 1 is 1.42 bits per heavy atom. The lowest BCUT2D eigenvalue weighted by Crippen LogP contribution is -2.29. The van der Waals surface area contributed by atoms with Crippen LogP contribution in [-0.4, -0.2) is 26.2 Å². The van der Waals surface area contributed by atoms with E-state index in [0.717, 1.165) is 6.42 Å². The minimum absolute atomic E-state index is 0.0173. The van der Waals surface area contributed by atoms with Crippen LogP contribution in [0.1, 0.15) is 25.8 Å². The molecule has 2 rings (SSSR count). The summed E-state index contributed by atoms with van der Waals surface area (Å²) in [7, 11) is -3.56. The molecule has 0 radical (unpaired) electrons. The Labute approximate surface area is 113 Å². The zero-order valence-corrected chi connectivity index (χ0v) is 11.8. The second kappa shape index (κ2) is 4.97. The Bertz CT molecular complexity index is 638. The molecule has 0 aliphatic heterocycles. The van der Waals surface area contributed by atoms with Crippen LogP contribution >= 0.6 is 0 Å². The van der Waals surface area contributed by atoms with E-state index in [0.29, 0.717) is 5.56 Å². The van der Waals surface area contributed by atoms with Gasteiger partial charge in [-0.15, -0.1) is 0 Å². The number of sulfonamides is 1. The number of hydrogen-bond donors (Lipinski definition) is 2. The van der Waals surface area contributed by atoms with E-state index < -0.39 is 10.0 Å². The van der Waals surface area contributed by atoms with Gasteiger partial charge in [-0.3, -0.25) is 0 Å². The lowest BCUT2D eigenvalue weighted by molar-refractivity contribution is 0.350. The molecule has 0 heterocycles. The van der Waals surface area contributed by atoms with Gasteiger partial charge in [-0.2, -0.15) is 0 Å². The van der Waals surface area contributed by atoms with E-state index >= 15 is 0 Å². The maximum atomic E-state index is 12.3. The number of aliphatic hydroxyl groups is 1. The molecule has 1 aliphatic carbocycles. The van der Waals surface area contributed by atoms with Crippen molar-refractivity contribution in [2.24, 2.45) is 5.41 Å². The maximum absolute atomic E-state index is 12.3. The number of hydrogen-bond acceptors (Lipinski definition) is 3. The highest BCUT2D eigenvalue weighted by Crippen LogP contribution is 2.45. The van der Waals surface area contributed by atoms with Crippen LogP contribution < -0.4 is 4.72 Å². The number of aliphatic hydroxyl groups excluding tert-OH is 1. The van der Waals surface area contributed by atoms with Gasteiger partial charge >= 0.3 is 0 Å². The van der Waals surface area contributed by atoms with Gasteiger partial charge in [0.2, 0.25) is 10.0 Å². The molecule has 2 N–H and O–H groups in total. The molecule has 19 heavy (non-hydrogen) atoms. The number of nitrogens with one attached hydrogen (secondary N) is 1. The first-order chi connectivity index (χ1) is 8.87. The van der Waals surface area contributed by atoms with Crippen LogP contribution in [0.25, 0.3) is 0 Å². The van der Waals surface area contributed by atoms with Crippen LogP contribution in [0.5, 0.6) is 0 Å². The smallest absolute Gasteiger partial charge is 0.242 e. The van der Waals surface area contributed by atoms with Crippen molar-refractivity contribution in [1.29, 1.82) is 0 Å². The van der Waals surface area contributed by atoms with E-state index in [1.165, 1.54) is 6.07 Å². The molecule has 0 amide bonds. The first-order valence-electron chi connectivity index (χ1n) is 6.08. The SMILES string of the molecule is CC1(C)CC1NS(=O)(=O)c1ccccc1C#CCO. The van der Waals surface area contributed by atoms with Gasteiger partial charge in [0.05, 0.1) is 4.90 Å². The average Bonchev–Trinajstić information content (AvgIpc) is 2.93. The average molecular weight is 279 g/mol. The number of benzene rings is 1. The summed E-state index contributed by atoms with van der Waals surface area (Å²) < 4.78 is 27.3. The fraction of sp³-hybridized carbons (Fsp3) is 0.429. The summed E-state index contributed by atoms with van der Waals surface area (Å²) in [5, 5.41) is 8.71. The molecule has 1 aromatic carbocycles. The van der Waals surface area contributed by atoms with Crippen molar-refractivity contribution in [1.82, 2.24) is 4.72 Å². The van der Waals surface area contributed by atoms with Crippen LogP contribution in [0.4, 0.5) is 0 Å². The first-order valence-corrected chi connectivity index (χ1v) is 7.56. The predicted octanol–water partition coefficient (Wildman–Crippen LogP) is 1.11. The molecule has 4 nitrogen and oxygen atoms in total. The molecule has 1 aromatic rings. The normalized spacial score (nSPS) is 20.5. The second-order valence-electron chi connectivity index (χ2n) is 5.32. The first kappa shape index (κ1) is 14.1. The van der Waals surface area contributed by atoms with Crippen LogP contribution in [0.3, 0.4) is 0 Å². The summed E-state index contributed by atoms with van der Waals surface area (Å²) >= 11 is 0. The molecule has 1 saturated carbocycles. The summed E-state index contributed by atoms with van der Waals surface area (Å²) in [6, 6.07) is 6.53. The number of rotatable bonds is 3. The lowest BCUT2D eigenvalue weighted by atomic mass is 10.2. The monoisotopic (exact) mass is 279 g/mol. The third-order valence-electron chi connectivity index (χ3n) is 3.29.